The van der Waals surface area contributed by atoms with E-state index in [4.69, 9.17) is 0 Å². The molecule has 0 aliphatic carbocycles. The van der Waals surface area contributed by atoms with Crippen LogP contribution in [-0.4, -0.2) is 70.9 Å². The lowest BCUT2D eigenvalue weighted by molar-refractivity contribution is -0.121. The molecule has 18 nitrogen and oxygen atoms in total. The summed E-state index contributed by atoms with van der Waals surface area (Å²) in [5.41, 5.74) is 16.0. The molecule has 0 saturated heterocycles. The Kier molecular flexibility index (Phi) is 21.3. The number of aryl methyl sites for hydroxylation is 2. The van der Waals surface area contributed by atoms with Crippen LogP contribution in [0.1, 0.15) is 131 Å². The predicted octanol–water partition coefficient (Wildman–Crippen LogP) is 14.2. The third-order valence-electron chi connectivity index (χ3n) is 19.4. The Bertz CT molecular complexity index is 4680. The van der Waals surface area contributed by atoms with E-state index in [0.29, 0.717) is 40.0 Å². The fraction of sp³-hybridized carbons (Fsp3) is 0.133. The van der Waals surface area contributed by atoms with Crippen molar-refractivity contribution in [2.45, 2.75) is 77.0 Å². The molecule has 6 aliphatic heterocycles. The number of rotatable bonds is 20. The second kappa shape index (κ2) is 31.7. The van der Waals surface area contributed by atoms with E-state index in [1.807, 2.05) is 72.8 Å². The predicted molar refractivity (Wildman–Crippen MR) is 413 cm³/mol. The molecule has 12 amide bonds. The van der Waals surface area contributed by atoms with Gasteiger partial charge >= 0.3 is 0 Å². The Labute approximate surface area is 623 Å². The number of anilines is 6. The lowest BCUT2D eigenvalue weighted by Gasteiger charge is -2.22. The normalized spacial score (nSPS) is 15.2. The smallest absolute Gasteiger partial charge is 0.258 e. The maximum absolute atomic E-state index is 12.1. The number of amides is 12. The summed E-state index contributed by atoms with van der Waals surface area (Å²) < 4.78 is 0. The van der Waals surface area contributed by atoms with E-state index in [1.54, 1.807) is 72.8 Å². The van der Waals surface area contributed by atoms with Crippen molar-refractivity contribution >= 4 is 105 Å². The molecule has 0 saturated carbocycles. The van der Waals surface area contributed by atoms with Gasteiger partial charge in [-0.25, -0.2) is 29.4 Å². The van der Waals surface area contributed by atoms with Crippen molar-refractivity contribution in [3.8, 4) is 0 Å². The summed E-state index contributed by atoms with van der Waals surface area (Å²) in [4.78, 5) is 152. The van der Waals surface area contributed by atoms with Crippen molar-refractivity contribution < 1.29 is 57.5 Å². The second-order valence-electron chi connectivity index (χ2n) is 26.7. The highest BCUT2D eigenvalue weighted by Crippen LogP contribution is 2.40. The van der Waals surface area contributed by atoms with Gasteiger partial charge in [0.1, 0.15) is 0 Å². The molecular weight excluding hydrogens is 1360 g/mol. The molecule has 0 N–H and O–H groups in total. The van der Waals surface area contributed by atoms with Gasteiger partial charge in [0.15, 0.2) is 0 Å². The van der Waals surface area contributed by atoms with Gasteiger partial charge in [0, 0.05) is 90.7 Å². The summed E-state index contributed by atoms with van der Waals surface area (Å²) in [5, 5.41) is 0. The molecule has 9 aromatic rings. The van der Waals surface area contributed by atoms with Crippen molar-refractivity contribution in [1.82, 2.24) is 0 Å². The summed E-state index contributed by atoms with van der Waals surface area (Å²) in [5.74, 6) is -4.26. The highest BCUT2D eigenvalue weighted by atomic mass is 16.2. The van der Waals surface area contributed by atoms with Crippen LogP contribution in [0, 0.1) is 0 Å². The third kappa shape index (κ3) is 15.3. The van der Waals surface area contributed by atoms with Crippen LogP contribution >= 0.6 is 0 Å². The molecule has 6 aliphatic rings. The zero-order valence-electron chi connectivity index (χ0n) is 59.4. The lowest BCUT2D eigenvalue weighted by Crippen LogP contribution is -2.29. The largest absolute Gasteiger partial charge is 0.269 e. The molecule has 18 heteroatoms. The zero-order valence-corrected chi connectivity index (χ0v) is 59.4. The lowest BCUT2D eigenvalue weighted by atomic mass is 9.84. The molecular formula is C90H72N6O12. The Morgan fingerprint density at radius 3 is 0.463 bits per heavy atom. The summed E-state index contributed by atoms with van der Waals surface area (Å²) in [6.07, 6.45) is 19.4. The van der Waals surface area contributed by atoms with Crippen LogP contribution in [0.25, 0.3) is 0 Å². The van der Waals surface area contributed by atoms with Crippen molar-refractivity contribution in [3.05, 3.63) is 358 Å². The van der Waals surface area contributed by atoms with Gasteiger partial charge in [-0.3, -0.25) is 57.5 Å². The van der Waals surface area contributed by atoms with Gasteiger partial charge in [0.25, 0.3) is 70.9 Å². The highest BCUT2D eigenvalue weighted by Gasteiger charge is 2.32. The van der Waals surface area contributed by atoms with Crippen molar-refractivity contribution in [2.75, 3.05) is 29.4 Å². The highest BCUT2D eigenvalue weighted by molar-refractivity contribution is 6.31. The molecule has 9 aromatic carbocycles. The van der Waals surface area contributed by atoms with E-state index in [9.17, 15) is 57.5 Å². The minimum atomic E-state index is -0.357. The minimum absolute atomic E-state index is 0.130. The Morgan fingerprint density at radius 1 is 0.194 bits per heavy atom. The van der Waals surface area contributed by atoms with Gasteiger partial charge < -0.3 is 0 Å². The standard InChI is InChI=1S/3C30H24N2O4/c1-19(2)20-3-5-21(6-4-20)30(22-7-11-24(12-8-22)31-26(33)15-16-27(31)34)23-9-13-25(14-10-23)32-28(35)17-18-29(32)36;2*1-2-3-20-4-6-21(7-5-20)30(22-8-12-24(13-9-22)31-26(33)16-17-27(31)34)23-10-14-25(15-11-23)32-28(35)18-19-29(32)36/h3-19,30H,1-2H3;2*4-19,30H,2-3H2,1H3. The molecule has 0 spiro atoms. The van der Waals surface area contributed by atoms with E-state index >= 15 is 0 Å². The molecule has 108 heavy (non-hydrogen) atoms. The summed E-state index contributed by atoms with van der Waals surface area (Å²) in [6.45, 7) is 8.60. The van der Waals surface area contributed by atoms with Crippen LogP contribution in [0.3, 0.4) is 0 Å². The van der Waals surface area contributed by atoms with Crippen molar-refractivity contribution in [2.24, 2.45) is 0 Å². The van der Waals surface area contributed by atoms with E-state index < -0.39 is 0 Å². The topological polar surface area (TPSA) is 224 Å². The number of carbonyl (C=O) groups excluding carboxylic acids is 12. The first kappa shape index (κ1) is 72.6. The molecule has 0 unspecified atom stereocenters. The fourth-order valence-electron chi connectivity index (χ4n) is 14.0. The summed E-state index contributed by atoms with van der Waals surface area (Å²) in [7, 11) is 0. The molecule has 0 radical (unpaired) electrons. The summed E-state index contributed by atoms with van der Waals surface area (Å²) in [6, 6.07) is 69.8. The molecule has 534 valence electrons. The molecule has 0 fully saturated rings. The monoisotopic (exact) mass is 1430 g/mol. The van der Waals surface area contributed by atoms with Gasteiger partial charge in [-0.05, 0) is 158 Å². The van der Waals surface area contributed by atoms with Gasteiger partial charge in [0.2, 0.25) is 0 Å². The number of imide groups is 6. The van der Waals surface area contributed by atoms with E-state index in [0.717, 1.165) is 105 Å². The first-order chi connectivity index (χ1) is 52.2. The first-order valence-corrected chi connectivity index (χ1v) is 35.5. The molecule has 15 rings (SSSR count). The second-order valence-corrected chi connectivity index (χ2v) is 26.7. The van der Waals surface area contributed by atoms with E-state index in [1.165, 1.54) is 89.6 Å². The van der Waals surface area contributed by atoms with Crippen LogP contribution in [0.4, 0.5) is 34.1 Å². The van der Waals surface area contributed by atoms with Crippen molar-refractivity contribution in [1.29, 1.82) is 0 Å². The number of benzene rings is 9. The number of nitrogens with zero attached hydrogens (tertiary/aromatic N) is 6. The number of hydrogen-bond acceptors (Lipinski definition) is 12. The van der Waals surface area contributed by atoms with Crippen LogP contribution < -0.4 is 29.4 Å². The number of hydrogen-bond donors (Lipinski definition) is 0. The third-order valence-corrected chi connectivity index (χ3v) is 19.4. The first-order valence-electron chi connectivity index (χ1n) is 35.5. The van der Waals surface area contributed by atoms with Crippen LogP contribution in [0.5, 0.6) is 0 Å². The maximum Gasteiger partial charge on any atom is 0.258 e. The van der Waals surface area contributed by atoms with Gasteiger partial charge in [0.05, 0.1) is 34.1 Å². The van der Waals surface area contributed by atoms with Gasteiger partial charge in [-0.2, -0.15) is 0 Å². The Morgan fingerprint density at radius 2 is 0.324 bits per heavy atom. The van der Waals surface area contributed by atoms with Crippen molar-refractivity contribution in [3.63, 3.8) is 0 Å². The SMILES string of the molecule is CC(C)c1ccc(C(c2ccc(N3C(=O)C=CC3=O)cc2)c2ccc(N3C(=O)C=CC3=O)cc2)cc1.CCCc1ccc(C(c2ccc(N3C(=O)C=CC3=O)cc2)c2ccc(N3C(=O)C=CC3=O)cc2)cc1.CCCc1ccc(C(c2ccc(N3C(=O)C=CC3=O)cc2)c2ccc(N3C(=O)C=CC3=O)cc2)cc1. The molecule has 0 atom stereocenters. The maximum atomic E-state index is 12.1. The fourth-order valence-corrected chi connectivity index (χ4v) is 14.0. The molecule has 0 bridgehead atoms. The van der Waals surface area contributed by atoms with E-state index in [-0.39, 0.29) is 88.6 Å². The zero-order chi connectivity index (χ0) is 75.9. The van der Waals surface area contributed by atoms with Crippen LogP contribution in [0.15, 0.2) is 291 Å². The number of carbonyl (C=O) groups is 12. The molecule has 6 heterocycles. The Balaban J connectivity index is 0.000000143. The minimum Gasteiger partial charge on any atom is -0.269 e. The Hall–Kier alpha value is -13.7. The van der Waals surface area contributed by atoms with E-state index in [2.05, 4.69) is 100 Å². The van der Waals surface area contributed by atoms with Crippen LogP contribution in [-0.2, 0) is 70.4 Å². The van der Waals surface area contributed by atoms with Gasteiger partial charge in [-0.15, -0.1) is 0 Å². The molecule has 0 aromatic heterocycles. The van der Waals surface area contributed by atoms with Crippen LogP contribution in [0.2, 0.25) is 0 Å². The average Bonchev–Trinajstić information content (AvgIpc) is 0.918. The summed E-state index contributed by atoms with van der Waals surface area (Å²) >= 11 is 0. The quantitative estimate of drug-likeness (QED) is 0.0513. The average molecular weight is 1430 g/mol. The van der Waals surface area contributed by atoms with Gasteiger partial charge in [-0.1, -0.05) is 186 Å².